The van der Waals surface area contributed by atoms with Crippen molar-refractivity contribution in [2.45, 2.75) is 20.8 Å². The molecule has 0 aromatic heterocycles. The molecular weight excluding hydrogens is 238 g/mol. The number of carbonyl (C=O) groups excluding carboxylic acids is 1. The van der Waals surface area contributed by atoms with Crippen LogP contribution in [0.3, 0.4) is 0 Å². The van der Waals surface area contributed by atoms with E-state index in [1.165, 1.54) is 6.92 Å². The number of ketones is 1. The molecule has 0 amide bonds. The Morgan fingerprint density at radius 3 is 2.47 bits per heavy atom. The van der Waals surface area contributed by atoms with Gasteiger partial charge in [-0.05, 0) is 50.1 Å². The summed E-state index contributed by atoms with van der Waals surface area (Å²) in [5.74, 6) is 1.39. The van der Waals surface area contributed by atoms with Gasteiger partial charge in [-0.2, -0.15) is 0 Å². The molecule has 2 aromatic carbocycles. The second-order valence-corrected chi connectivity index (χ2v) is 4.68. The first-order valence-electron chi connectivity index (χ1n) is 6.13. The van der Waals surface area contributed by atoms with Gasteiger partial charge in [-0.3, -0.25) is 4.79 Å². The number of anilines is 1. The van der Waals surface area contributed by atoms with Crippen LogP contribution in [0.15, 0.2) is 36.4 Å². The van der Waals surface area contributed by atoms with Crippen molar-refractivity contribution in [1.82, 2.24) is 0 Å². The van der Waals surface area contributed by atoms with Gasteiger partial charge in [-0.15, -0.1) is 0 Å². The number of carbonyl (C=O) groups is 1. The van der Waals surface area contributed by atoms with Crippen LogP contribution in [0.2, 0.25) is 0 Å². The Morgan fingerprint density at radius 2 is 1.84 bits per heavy atom. The molecule has 0 radical (unpaired) electrons. The van der Waals surface area contributed by atoms with Crippen molar-refractivity contribution < 1.29 is 9.53 Å². The number of hydrogen-bond donors (Lipinski definition) is 1. The highest BCUT2D eigenvalue weighted by molar-refractivity contribution is 5.99. The maximum absolute atomic E-state index is 11.3. The summed E-state index contributed by atoms with van der Waals surface area (Å²) in [6, 6.07) is 11.2. The van der Waals surface area contributed by atoms with Crippen LogP contribution < -0.4 is 10.5 Å². The largest absolute Gasteiger partial charge is 0.457 e. The Kier molecular flexibility index (Phi) is 3.56. The molecule has 0 saturated carbocycles. The van der Waals surface area contributed by atoms with Crippen LogP contribution >= 0.6 is 0 Å². The second-order valence-electron chi connectivity index (χ2n) is 4.68. The van der Waals surface area contributed by atoms with Crippen molar-refractivity contribution in [2.24, 2.45) is 0 Å². The Morgan fingerprint density at radius 1 is 1.11 bits per heavy atom. The number of benzene rings is 2. The maximum atomic E-state index is 11.3. The molecule has 2 N–H and O–H groups in total. The molecule has 0 bridgehead atoms. The van der Waals surface area contributed by atoms with E-state index in [2.05, 4.69) is 0 Å². The summed E-state index contributed by atoms with van der Waals surface area (Å²) in [5.41, 5.74) is 8.99. The number of hydrogen-bond acceptors (Lipinski definition) is 3. The lowest BCUT2D eigenvalue weighted by molar-refractivity contribution is 0.101. The quantitative estimate of drug-likeness (QED) is 0.669. The van der Waals surface area contributed by atoms with Crippen LogP contribution in [0.5, 0.6) is 11.5 Å². The fourth-order valence-electron chi connectivity index (χ4n) is 1.87. The minimum atomic E-state index is -0.0456. The molecule has 0 aliphatic carbocycles. The van der Waals surface area contributed by atoms with E-state index in [1.807, 2.05) is 32.0 Å². The van der Waals surface area contributed by atoms with E-state index in [4.69, 9.17) is 10.5 Å². The normalized spacial score (nSPS) is 10.3. The third-order valence-electron chi connectivity index (χ3n) is 2.97. The summed E-state index contributed by atoms with van der Waals surface area (Å²) in [6.07, 6.45) is 0. The van der Waals surface area contributed by atoms with Gasteiger partial charge in [0.1, 0.15) is 11.5 Å². The lowest BCUT2D eigenvalue weighted by Crippen LogP contribution is -1.99. The first kappa shape index (κ1) is 13.1. The summed E-state index contributed by atoms with van der Waals surface area (Å²) >= 11 is 0. The van der Waals surface area contributed by atoms with E-state index in [9.17, 15) is 4.79 Å². The molecule has 2 rings (SSSR count). The SMILES string of the molecule is CC(=O)c1ccc(Oc2cc(C)ccc2C)cc1N. The summed E-state index contributed by atoms with van der Waals surface area (Å²) in [4.78, 5) is 11.3. The van der Waals surface area contributed by atoms with Crippen molar-refractivity contribution in [3.8, 4) is 11.5 Å². The lowest BCUT2D eigenvalue weighted by Gasteiger charge is -2.11. The van der Waals surface area contributed by atoms with Crippen LogP contribution in [0.1, 0.15) is 28.4 Å². The molecule has 19 heavy (non-hydrogen) atoms. The van der Waals surface area contributed by atoms with Gasteiger partial charge in [0.25, 0.3) is 0 Å². The van der Waals surface area contributed by atoms with Gasteiger partial charge in [0.2, 0.25) is 0 Å². The van der Waals surface area contributed by atoms with Crippen LogP contribution in [0, 0.1) is 13.8 Å². The first-order valence-corrected chi connectivity index (χ1v) is 6.13. The highest BCUT2D eigenvalue weighted by atomic mass is 16.5. The van der Waals surface area contributed by atoms with E-state index in [0.29, 0.717) is 17.0 Å². The molecule has 3 heteroatoms. The van der Waals surface area contributed by atoms with E-state index in [-0.39, 0.29) is 5.78 Å². The summed E-state index contributed by atoms with van der Waals surface area (Å²) in [7, 11) is 0. The minimum Gasteiger partial charge on any atom is -0.457 e. The Labute approximate surface area is 113 Å². The standard InChI is InChI=1S/C16H17NO2/c1-10-4-5-11(2)16(8-10)19-13-6-7-14(12(3)18)15(17)9-13/h4-9H,17H2,1-3H3. The number of nitrogen functional groups attached to an aromatic ring is 1. The zero-order valence-electron chi connectivity index (χ0n) is 11.4. The summed E-state index contributed by atoms with van der Waals surface area (Å²) in [5, 5.41) is 0. The highest BCUT2D eigenvalue weighted by Crippen LogP contribution is 2.28. The highest BCUT2D eigenvalue weighted by Gasteiger charge is 2.07. The fraction of sp³-hybridized carbons (Fsp3) is 0.188. The molecule has 0 heterocycles. The fourth-order valence-corrected chi connectivity index (χ4v) is 1.87. The minimum absolute atomic E-state index is 0.0456. The number of ether oxygens (including phenoxy) is 1. The molecule has 0 aliphatic rings. The average molecular weight is 255 g/mol. The number of rotatable bonds is 3. The molecule has 3 nitrogen and oxygen atoms in total. The first-order chi connectivity index (χ1) is 8.97. The zero-order valence-corrected chi connectivity index (χ0v) is 11.4. The van der Waals surface area contributed by atoms with Crippen LogP contribution in [0.4, 0.5) is 5.69 Å². The molecular formula is C16H17NO2. The third kappa shape index (κ3) is 2.94. The van der Waals surface area contributed by atoms with Crippen LogP contribution in [-0.2, 0) is 0 Å². The van der Waals surface area contributed by atoms with Gasteiger partial charge in [0.15, 0.2) is 5.78 Å². The van der Waals surface area contributed by atoms with Crippen molar-refractivity contribution in [3.05, 3.63) is 53.1 Å². The summed E-state index contributed by atoms with van der Waals surface area (Å²) in [6.45, 7) is 5.50. The Bertz CT molecular complexity index is 633. The number of Topliss-reactive ketones (excluding diaryl/α,β-unsaturated/α-hetero) is 1. The molecule has 2 aromatic rings. The number of nitrogens with two attached hydrogens (primary N) is 1. The van der Waals surface area contributed by atoms with E-state index in [0.717, 1.165) is 16.9 Å². The van der Waals surface area contributed by atoms with Crippen molar-refractivity contribution in [2.75, 3.05) is 5.73 Å². The van der Waals surface area contributed by atoms with Gasteiger partial charge < -0.3 is 10.5 Å². The Hall–Kier alpha value is -2.29. The predicted octanol–water partition coefficient (Wildman–Crippen LogP) is 3.88. The number of aryl methyl sites for hydroxylation is 2. The van der Waals surface area contributed by atoms with E-state index in [1.54, 1.807) is 18.2 Å². The van der Waals surface area contributed by atoms with Crippen LogP contribution in [-0.4, -0.2) is 5.78 Å². The molecule has 0 saturated heterocycles. The van der Waals surface area contributed by atoms with Crippen LogP contribution in [0.25, 0.3) is 0 Å². The Balaban J connectivity index is 2.31. The second kappa shape index (κ2) is 5.14. The van der Waals surface area contributed by atoms with E-state index >= 15 is 0 Å². The third-order valence-corrected chi connectivity index (χ3v) is 2.97. The molecule has 0 fully saturated rings. The topological polar surface area (TPSA) is 52.3 Å². The van der Waals surface area contributed by atoms with Gasteiger partial charge in [0, 0.05) is 17.3 Å². The molecule has 98 valence electrons. The molecule has 0 unspecified atom stereocenters. The van der Waals surface area contributed by atoms with Gasteiger partial charge >= 0.3 is 0 Å². The monoisotopic (exact) mass is 255 g/mol. The summed E-state index contributed by atoms with van der Waals surface area (Å²) < 4.78 is 5.81. The van der Waals surface area contributed by atoms with E-state index < -0.39 is 0 Å². The molecule has 0 atom stereocenters. The maximum Gasteiger partial charge on any atom is 0.161 e. The van der Waals surface area contributed by atoms with Crippen molar-refractivity contribution in [3.63, 3.8) is 0 Å². The van der Waals surface area contributed by atoms with Gasteiger partial charge in [-0.25, -0.2) is 0 Å². The lowest BCUT2D eigenvalue weighted by atomic mass is 10.1. The zero-order chi connectivity index (χ0) is 14.0. The molecule has 0 spiro atoms. The van der Waals surface area contributed by atoms with Crippen molar-refractivity contribution in [1.29, 1.82) is 0 Å². The average Bonchev–Trinajstić information content (AvgIpc) is 2.33. The predicted molar refractivity (Wildman–Crippen MR) is 76.8 cm³/mol. The smallest absolute Gasteiger partial charge is 0.161 e. The van der Waals surface area contributed by atoms with Crippen molar-refractivity contribution >= 4 is 11.5 Å². The molecule has 0 aliphatic heterocycles. The van der Waals surface area contributed by atoms with Gasteiger partial charge in [-0.1, -0.05) is 12.1 Å². The van der Waals surface area contributed by atoms with Gasteiger partial charge in [0.05, 0.1) is 0 Å².